The maximum atomic E-state index is 12.1. The SMILES string of the molecule is O=C(Cc1nc2cccc(-c3ccc4ccccc4c3)n2n1)C1CC1. The van der Waals surface area contributed by atoms with Crippen LogP contribution in [0.4, 0.5) is 0 Å². The Morgan fingerprint density at radius 1 is 1.00 bits per heavy atom. The second-order valence-electron chi connectivity index (χ2n) is 6.69. The molecule has 0 unspecified atom stereocenters. The van der Waals surface area contributed by atoms with Gasteiger partial charge in [0.15, 0.2) is 11.5 Å². The molecule has 0 aliphatic heterocycles. The van der Waals surface area contributed by atoms with Crippen molar-refractivity contribution in [1.29, 1.82) is 0 Å². The van der Waals surface area contributed by atoms with Crippen LogP contribution in [0.15, 0.2) is 60.7 Å². The molecule has 0 spiro atoms. The van der Waals surface area contributed by atoms with Gasteiger partial charge in [0.1, 0.15) is 5.78 Å². The zero-order valence-corrected chi connectivity index (χ0v) is 13.7. The maximum Gasteiger partial charge on any atom is 0.159 e. The van der Waals surface area contributed by atoms with Crippen LogP contribution in [0.25, 0.3) is 27.7 Å². The fraction of sp³-hybridized carbons (Fsp3) is 0.190. The topological polar surface area (TPSA) is 47.3 Å². The number of aromatic nitrogens is 3. The Balaban J connectivity index is 1.59. The third-order valence-corrected chi connectivity index (χ3v) is 4.81. The fourth-order valence-corrected chi connectivity index (χ4v) is 3.30. The number of carbonyl (C=O) groups is 1. The molecule has 4 heteroatoms. The summed E-state index contributed by atoms with van der Waals surface area (Å²) in [4.78, 5) is 16.6. The van der Waals surface area contributed by atoms with E-state index in [2.05, 4.69) is 40.4 Å². The molecule has 4 aromatic rings. The van der Waals surface area contributed by atoms with Crippen molar-refractivity contribution < 1.29 is 4.79 Å². The van der Waals surface area contributed by atoms with Gasteiger partial charge < -0.3 is 0 Å². The van der Waals surface area contributed by atoms with E-state index in [-0.39, 0.29) is 11.7 Å². The van der Waals surface area contributed by atoms with Gasteiger partial charge in [0.2, 0.25) is 0 Å². The van der Waals surface area contributed by atoms with Crippen LogP contribution in [-0.4, -0.2) is 20.4 Å². The van der Waals surface area contributed by atoms with Gasteiger partial charge in [-0.05, 0) is 41.8 Å². The van der Waals surface area contributed by atoms with E-state index in [1.165, 1.54) is 10.8 Å². The summed E-state index contributed by atoms with van der Waals surface area (Å²) in [6.45, 7) is 0. The first-order valence-corrected chi connectivity index (χ1v) is 8.64. The van der Waals surface area contributed by atoms with Crippen molar-refractivity contribution in [3.63, 3.8) is 0 Å². The molecule has 1 fully saturated rings. The number of benzene rings is 2. The Morgan fingerprint density at radius 2 is 1.84 bits per heavy atom. The number of ketones is 1. The highest BCUT2D eigenvalue weighted by atomic mass is 16.1. The first kappa shape index (κ1) is 14.3. The number of hydrogen-bond acceptors (Lipinski definition) is 3. The van der Waals surface area contributed by atoms with E-state index in [1.54, 1.807) is 0 Å². The molecule has 1 aliphatic rings. The molecule has 2 heterocycles. The lowest BCUT2D eigenvalue weighted by molar-refractivity contribution is -0.119. The largest absolute Gasteiger partial charge is 0.299 e. The van der Waals surface area contributed by atoms with E-state index < -0.39 is 0 Å². The van der Waals surface area contributed by atoms with Crippen molar-refractivity contribution in [2.75, 3.05) is 0 Å². The summed E-state index contributed by atoms with van der Waals surface area (Å²) in [5.74, 6) is 1.12. The minimum Gasteiger partial charge on any atom is -0.299 e. The predicted octanol–water partition coefficient (Wildman–Crippen LogP) is 4.07. The Morgan fingerprint density at radius 3 is 2.68 bits per heavy atom. The minimum absolute atomic E-state index is 0.242. The highest BCUT2D eigenvalue weighted by Gasteiger charge is 2.30. The molecular formula is C21H17N3O. The van der Waals surface area contributed by atoms with Gasteiger partial charge in [0.05, 0.1) is 12.1 Å². The van der Waals surface area contributed by atoms with Gasteiger partial charge in [-0.3, -0.25) is 4.79 Å². The van der Waals surface area contributed by atoms with Crippen molar-refractivity contribution in [3.8, 4) is 11.3 Å². The van der Waals surface area contributed by atoms with Crippen LogP contribution in [0, 0.1) is 5.92 Å². The predicted molar refractivity (Wildman–Crippen MR) is 97.4 cm³/mol. The van der Waals surface area contributed by atoms with Crippen LogP contribution in [0.1, 0.15) is 18.7 Å². The number of Topliss-reactive ketones (excluding diaryl/α,β-unsaturated/α-hetero) is 1. The molecule has 122 valence electrons. The summed E-state index contributed by atoms with van der Waals surface area (Å²) >= 11 is 0. The average Bonchev–Trinajstić information content (AvgIpc) is 3.41. The van der Waals surface area contributed by atoms with Crippen LogP contribution in [0.5, 0.6) is 0 Å². The monoisotopic (exact) mass is 327 g/mol. The quantitative estimate of drug-likeness (QED) is 0.567. The molecule has 4 nitrogen and oxygen atoms in total. The van der Waals surface area contributed by atoms with Crippen molar-refractivity contribution in [2.24, 2.45) is 5.92 Å². The summed E-state index contributed by atoms with van der Waals surface area (Å²) in [6.07, 6.45) is 2.38. The Bertz CT molecular complexity index is 1110. The van der Waals surface area contributed by atoms with Crippen LogP contribution in [0.2, 0.25) is 0 Å². The molecule has 25 heavy (non-hydrogen) atoms. The van der Waals surface area contributed by atoms with Crippen molar-refractivity contribution in [1.82, 2.24) is 14.6 Å². The lowest BCUT2D eigenvalue weighted by atomic mass is 10.0. The first-order chi connectivity index (χ1) is 12.3. The molecule has 1 saturated carbocycles. The number of carbonyl (C=O) groups excluding carboxylic acids is 1. The van der Waals surface area contributed by atoms with Gasteiger partial charge in [0, 0.05) is 11.5 Å². The molecule has 5 rings (SSSR count). The van der Waals surface area contributed by atoms with E-state index in [0.717, 1.165) is 29.7 Å². The van der Waals surface area contributed by atoms with Gasteiger partial charge in [-0.1, -0.05) is 42.5 Å². The normalized spacial score (nSPS) is 14.2. The lowest BCUT2D eigenvalue weighted by Crippen LogP contribution is -2.06. The number of hydrogen-bond donors (Lipinski definition) is 0. The lowest BCUT2D eigenvalue weighted by Gasteiger charge is -2.06. The Kier molecular flexibility index (Phi) is 3.17. The highest BCUT2D eigenvalue weighted by molar-refractivity contribution is 5.87. The van der Waals surface area contributed by atoms with E-state index in [1.807, 2.05) is 34.8 Å². The van der Waals surface area contributed by atoms with Crippen LogP contribution in [0.3, 0.4) is 0 Å². The van der Waals surface area contributed by atoms with Gasteiger partial charge in [0.25, 0.3) is 0 Å². The average molecular weight is 327 g/mol. The van der Waals surface area contributed by atoms with Crippen LogP contribution in [-0.2, 0) is 11.2 Å². The van der Waals surface area contributed by atoms with Gasteiger partial charge >= 0.3 is 0 Å². The second-order valence-corrected chi connectivity index (χ2v) is 6.69. The van der Waals surface area contributed by atoms with Crippen molar-refractivity contribution >= 4 is 22.2 Å². The molecule has 0 atom stereocenters. The molecule has 2 aromatic carbocycles. The molecule has 0 bridgehead atoms. The van der Waals surface area contributed by atoms with E-state index in [4.69, 9.17) is 0 Å². The Hall–Kier alpha value is -3.01. The number of fused-ring (bicyclic) bond motifs is 2. The third kappa shape index (κ3) is 2.60. The first-order valence-electron chi connectivity index (χ1n) is 8.64. The van der Waals surface area contributed by atoms with E-state index in [9.17, 15) is 4.79 Å². The van der Waals surface area contributed by atoms with Crippen LogP contribution >= 0.6 is 0 Å². The molecule has 0 saturated heterocycles. The van der Waals surface area contributed by atoms with Gasteiger partial charge in [-0.2, -0.15) is 5.10 Å². The summed E-state index contributed by atoms with van der Waals surface area (Å²) in [5.41, 5.74) is 2.86. The number of rotatable bonds is 4. The maximum absolute atomic E-state index is 12.1. The summed E-state index contributed by atoms with van der Waals surface area (Å²) in [5, 5.41) is 7.02. The molecule has 0 radical (unpaired) electrons. The van der Waals surface area contributed by atoms with Crippen molar-refractivity contribution in [3.05, 3.63) is 66.5 Å². The van der Waals surface area contributed by atoms with Gasteiger partial charge in [-0.15, -0.1) is 0 Å². The van der Waals surface area contributed by atoms with Gasteiger partial charge in [-0.25, -0.2) is 9.50 Å². The molecule has 0 N–H and O–H groups in total. The zero-order valence-electron chi connectivity index (χ0n) is 13.7. The van der Waals surface area contributed by atoms with E-state index in [0.29, 0.717) is 12.2 Å². The minimum atomic E-state index is 0.242. The molecule has 2 aromatic heterocycles. The Labute approximate surface area is 145 Å². The molecule has 1 aliphatic carbocycles. The van der Waals surface area contributed by atoms with Crippen LogP contribution < -0.4 is 0 Å². The number of pyridine rings is 1. The molecular weight excluding hydrogens is 310 g/mol. The summed E-state index contributed by atoms with van der Waals surface area (Å²) in [6, 6.07) is 20.7. The summed E-state index contributed by atoms with van der Waals surface area (Å²) < 4.78 is 1.85. The zero-order chi connectivity index (χ0) is 16.8. The van der Waals surface area contributed by atoms with Crippen molar-refractivity contribution in [2.45, 2.75) is 19.3 Å². The fourth-order valence-electron chi connectivity index (χ4n) is 3.30. The highest BCUT2D eigenvalue weighted by Crippen LogP contribution is 2.31. The molecule has 0 amide bonds. The number of nitrogens with zero attached hydrogens (tertiary/aromatic N) is 3. The smallest absolute Gasteiger partial charge is 0.159 e. The third-order valence-electron chi connectivity index (χ3n) is 4.81. The second kappa shape index (κ2) is 5.52. The van der Waals surface area contributed by atoms with E-state index >= 15 is 0 Å². The summed E-state index contributed by atoms with van der Waals surface area (Å²) in [7, 11) is 0. The standard InChI is InChI=1S/C21H17N3O/c25-19(15-9-10-15)13-20-22-21-7-3-6-18(24(21)23-20)17-11-8-14-4-1-2-5-16(14)12-17/h1-8,11-12,15H,9-10,13H2.